The molecule has 0 aromatic carbocycles. The Morgan fingerprint density at radius 3 is 3.00 bits per heavy atom. The van der Waals surface area contributed by atoms with Crippen LogP contribution in [0, 0.1) is 5.92 Å². The molecular weight excluding hydrogens is 230 g/mol. The average molecular weight is 244 g/mol. The van der Waals surface area contributed by atoms with Gasteiger partial charge in [0.2, 0.25) is 5.22 Å². The van der Waals surface area contributed by atoms with Crippen molar-refractivity contribution < 1.29 is 14.3 Å². The number of halogens is 1. The second-order valence-electron chi connectivity index (χ2n) is 4.15. The van der Waals surface area contributed by atoms with Crippen LogP contribution in [0.4, 0.5) is 0 Å². The second-order valence-corrected chi connectivity index (χ2v) is 4.49. The zero-order valence-electron chi connectivity index (χ0n) is 9.02. The fraction of sp³-hybridized carbons (Fsp3) is 0.545. The van der Waals surface area contributed by atoms with E-state index < -0.39 is 0 Å². The third-order valence-corrected chi connectivity index (χ3v) is 3.34. The lowest BCUT2D eigenvalue weighted by molar-refractivity contribution is 0.0762. The second kappa shape index (κ2) is 4.47. The number of hydrogen-bond donors (Lipinski definition) is 1. The number of carbonyl (C=O) groups excluding carboxylic acids is 1. The predicted molar refractivity (Wildman–Crippen MR) is 59.4 cm³/mol. The van der Waals surface area contributed by atoms with Crippen LogP contribution in [0.15, 0.2) is 16.7 Å². The van der Waals surface area contributed by atoms with Crippen LogP contribution in [-0.4, -0.2) is 35.1 Å². The molecule has 0 saturated carbocycles. The van der Waals surface area contributed by atoms with Crippen molar-refractivity contribution >= 4 is 17.5 Å². The monoisotopic (exact) mass is 243 g/mol. The van der Waals surface area contributed by atoms with E-state index in [1.54, 1.807) is 17.9 Å². The summed E-state index contributed by atoms with van der Waals surface area (Å²) in [5.74, 6) is 0.0385. The molecule has 2 unspecified atom stereocenters. The molecule has 0 bridgehead atoms. The lowest BCUT2D eigenvalue weighted by atomic mass is 10.0. The van der Waals surface area contributed by atoms with E-state index >= 15 is 0 Å². The molecule has 0 aliphatic carbocycles. The molecular formula is C11H14ClNO3. The summed E-state index contributed by atoms with van der Waals surface area (Å²) in [5, 5.41) is 9.58. The SMILES string of the molecule is CC(O)C1CCN(C(=O)c2ccoc2Cl)C1. The van der Waals surface area contributed by atoms with E-state index in [1.807, 2.05) is 0 Å². The lowest BCUT2D eigenvalue weighted by Crippen LogP contribution is -2.30. The summed E-state index contributed by atoms with van der Waals surface area (Å²) in [6.07, 6.45) is 1.86. The van der Waals surface area contributed by atoms with E-state index in [0.717, 1.165) is 6.42 Å². The van der Waals surface area contributed by atoms with Gasteiger partial charge in [-0.05, 0) is 31.0 Å². The minimum Gasteiger partial charge on any atom is -0.452 e. The van der Waals surface area contributed by atoms with Gasteiger partial charge in [0, 0.05) is 19.0 Å². The zero-order valence-corrected chi connectivity index (χ0v) is 9.78. The Hall–Kier alpha value is -1.00. The molecule has 2 rings (SSSR count). The molecule has 2 heterocycles. The zero-order chi connectivity index (χ0) is 11.7. The van der Waals surface area contributed by atoms with Crippen molar-refractivity contribution in [2.45, 2.75) is 19.4 Å². The van der Waals surface area contributed by atoms with E-state index in [2.05, 4.69) is 0 Å². The first-order chi connectivity index (χ1) is 7.59. The molecule has 1 aliphatic rings. The maximum atomic E-state index is 12.0. The smallest absolute Gasteiger partial charge is 0.258 e. The molecule has 1 fully saturated rings. The highest BCUT2D eigenvalue weighted by Crippen LogP contribution is 2.24. The van der Waals surface area contributed by atoms with E-state index in [4.69, 9.17) is 16.0 Å². The average Bonchev–Trinajstić information content (AvgIpc) is 2.84. The molecule has 1 aromatic heterocycles. The highest BCUT2D eigenvalue weighted by molar-refractivity contribution is 6.32. The molecule has 88 valence electrons. The van der Waals surface area contributed by atoms with Crippen LogP contribution < -0.4 is 0 Å². The number of furan rings is 1. The minimum absolute atomic E-state index is 0.123. The van der Waals surface area contributed by atoms with Gasteiger partial charge in [-0.1, -0.05) is 0 Å². The maximum Gasteiger partial charge on any atom is 0.258 e. The van der Waals surface area contributed by atoms with Gasteiger partial charge in [0.05, 0.1) is 17.9 Å². The van der Waals surface area contributed by atoms with Gasteiger partial charge in [-0.2, -0.15) is 0 Å². The van der Waals surface area contributed by atoms with Gasteiger partial charge in [-0.3, -0.25) is 4.79 Å². The third-order valence-electron chi connectivity index (χ3n) is 3.04. The number of aliphatic hydroxyl groups excluding tert-OH is 1. The van der Waals surface area contributed by atoms with Crippen LogP contribution in [0.25, 0.3) is 0 Å². The van der Waals surface area contributed by atoms with E-state index in [-0.39, 0.29) is 23.1 Å². The number of aliphatic hydroxyl groups is 1. The van der Waals surface area contributed by atoms with Crippen LogP contribution in [0.1, 0.15) is 23.7 Å². The highest BCUT2D eigenvalue weighted by atomic mass is 35.5. The van der Waals surface area contributed by atoms with Gasteiger partial charge in [0.1, 0.15) is 0 Å². The van der Waals surface area contributed by atoms with Gasteiger partial charge in [-0.25, -0.2) is 0 Å². The van der Waals surface area contributed by atoms with Gasteiger partial charge in [0.25, 0.3) is 5.91 Å². The Labute approximate surface area is 98.8 Å². The Bertz CT molecular complexity index is 388. The maximum absolute atomic E-state index is 12.0. The topological polar surface area (TPSA) is 53.7 Å². The molecule has 16 heavy (non-hydrogen) atoms. The third kappa shape index (κ3) is 2.08. The first-order valence-electron chi connectivity index (χ1n) is 5.30. The van der Waals surface area contributed by atoms with Crippen LogP contribution in [0.3, 0.4) is 0 Å². The van der Waals surface area contributed by atoms with Crippen molar-refractivity contribution in [3.63, 3.8) is 0 Å². The fourth-order valence-corrected chi connectivity index (χ4v) is 2.18. The largest absolute Gasteiger partial charge is 0.452 e. The van der Waals surface area contributed by atoms with Crippen LogP contribution in [0.2, 0.25) is 5.22 Å². The van der Waals surface area contributed by atoms with Crippen molar-refractivity contribution in [3.05, 3.63) is 23.1 Å². The molecule has 0 radical (unpaired) electrons. The molecule has 1 N–H and O–H groups in total. The van der Waals surface area contributed by atoms with Crippen LogP contribution in [0.5, 0.6) is 0 Å². The summed E-state index contributed by atoms with van der Waals surface area (Å²) in [6.45, 7) is 3.00. The number of likely N-dealkylation sites (tertiary alicyclic amines) is 1. The Balaban J connectivity index is 2.05. The number of hydrogen-bond acceptors (Lipinski definition) is 3. The van der Waals surface area contributed by atoms with Crippen molar-refractivity contribution in [3.8, 4) is 0 Å². The Morgan fingerprint density at radius 1 is 1.75 bits per heavy atom. The lowest BCUT2D eigenvalue weighted by Gasteiger charge is -2.16. The molecule has 1 aliphatic heterocycles. The van der Waals surface area contributed by atoms with Crippen molar-refractivity contribution in [2.24, 2.45) is 5.92 Å². The van der Waals surface area contributed by atoms with Crippen molar-refractivity contribution in [1.82, 2.24) is 4.90 Å². The van der Waals surface area contributed by atoms with Gasteiger partial charge in [0.15, 0.2) is 0 Å². The van der Waals surface area contributed by atoms with Gasteiger partial charge in [-0.15, -0.1) is 0 Å². The molecule has 2 atom stereocenters. The quantitative estimate of drug-likeness (QED) is 0.862. The molecule has 1 saturated heterocycles. The van der Waals surface area contributed by atoms with E-state index in [0.29, 0.717) is 18.7 Å². The standard InChI is InChI=1S/C11H14ClNO3/c1-7(14)8-2-4-13(6-8)11(15)9-3-5-16-10(9)12/h3,5,7-8,14H,2,4,6H2,1H3. The van der Waals surface area contributed by atoms with Crippen molar-refractivity contribution in [2.75, 3.05) is 13.1 Å². The summed E-state index contributed by atoms with van der Waals surface area (Å²) >= 11 is 5.75. The first kappa shape index (κ1) is 11.5. The summed E-state index contributed by atoms with van der Waals surface area (Å²) in [7, 11) is 0. The number of nitrogens with zero attached hydrogens (tertiary/aromatic N) is 1. The Morgan fingerprint density at radius 2 is 2.50 bits per heavy atom. The van der Waals surface area contributed by atoms with E-state index in [9.17, 15) is 9.90 Å². The summed E-state index contributed by atoms with van der Waals surface area (Å²) < 4.78 is 4.89. The van der Waals surface area contributed by atoms with Crippen LogP contribution >= 0.6 is 11.6 Å². The van der Waals surface area contributed by atoms with E-state index in [1.165, 1.54) is 6.26 Å². The number of amides is 1. The fourth-order valence-electron chi connectivity index (χ4n) is 1.98. The molecule has 1 amide bonds. The minimum atomic E-state index is -0.377. The Kier molecular flexibility index (Phi) is 3.21. The molecule has 5 heteroatoms. The molecule has 1 aromatic rings. The molecule has 4 nitrogen and oxygen atoms in total. The van der Waals surface area contributed by atoms with Crippen LogP contribution in [-0.2, 0) is 0 Å². The summed E-state index contributed by atoms with van der Waals surface area (Å²) in [6, 6.07) is 1.57. The van der Waals surface area contributed by atoms with Gasteiger partial charge >= 0.3 is 0 Å². The normalized spacial score (nSPS) is 22.4. The molecule has 0 spiro atoms. The number of rotatable bonds is 2. The van der Waals surface area contributed by atoms with Gasteiger partial charge < -0.3 is 14.4 Å². The number of carbonyl (C=O) groups is 1. The van der Waals surface area contributed by atoms with Crippen molar-refractivity contribution in [1.29, 1.82) is 0 Å². The highest BCUT2D eigenvalue weighted by Gasteiger charge is 2.30. The predicted octanol–water partition coefficient (Wildman–Crippen LogP) is 1.78. The first-order valence-corrected chi connectivity index (χ1v) is 5.67. The summed E-state index contributed by atoms with van der Waals surface area (Å²) in [5.41, 5.74) is 0.396. The summed E-state index contributed by atoms with van der Waals surface area (Å²) in [4.78, 5) is 13.7.